The molecule has 3 aromatic rings. The van der Waals surface area contributed by atoms with E-state index in [0.29, 0.717) is 12.5 Å². The fraction of sp³-hybridized carbons (Fsp3) is 0.278. The molecule has 25 heavy (non-hydrogen) atoms. The molecule has 1 N–H and O–H groups in total. The first kappa shape index (κ1) is 16.8. The Balaban J connectivity index is 1.67. The van der Waals surface area contributed by atoms with Crippen LogP contribution in [0.4, 0.5) is 0 Å². The number of benzene rings is 1. The number of rotatable bonds is 6. The molecule has 7 heteroatoms. The van der Waals surface area contributed by atoms with Crippen LogP contribution < -0.4 is 0 Å². The first-order valence-electron chi connectivity index (χ1n) is 8.06. The molecule has 0 unspecified atom stereocenters. The number of esters is 1. The predicted octanol–water partition coefficient (Wildman–Crippen LogP) is 2.75. The van der Waals surface area contributed by atoms with E-state index in [-0.39, 0.29) is 18.1 Å². The average Bonchev–Trinajstić information content (AvgIpc) is 3.24. The Morgan fingerprint density at radius 3 is 2.68 bits per heavy atom. The van der Waals surface area contributed by atoms with Crippen LogP contribution in [0, 0.1) is 0 Å². The molecular weight excluding hydrogens is 320 g/mol. The van der Waals surface area contributed by atoms with Crippen LogP contribution in [0.25, 0.3) is 5.69 Å². The molecule has 0 aliphatic rings. The molecule has 2 aromatic heterocycles. The highest BCUT2D eigenvalue weighted by molar-refractivity contribution is 5.90. The smallest absolute Gasteiger partial charge is 0.362 e. The van der Waals surface area contributed by atoms with Gasteiger partial charge in [-0.05, 0) is 23.6 Å². The number of ether oxygens (including phenoxy) is 1. The second-order valence-corrected chi connectivity index (χ2v) is 5.99. The molecule has 0 bridgehead atoms. The lowest BCUT2D eigenvalue weighted by Gasteiger charge is -2.06. The first-order chi connectivity index (χ1) is 12.0. The standard InChI is InChI=1S/C18H20N4O3/c1-13(2)14-3-5-15(6-4-14)22-11-16(23)17(20-22)18(24)25-10-9-21-8-7-19-12-21/h3-8,11-13,23H,9-10H2,1-2H3. The summed E-state index contributed by atoms with van der Waals surface area (Å²) in [6.45, 7) is 4.90. The van der Waals surface area contributed by atoms with Crippen LogP contribution >= 0.6 is 0 Å². The van der Waals surface area contributed by atoms with Gasteiger partial charge in [-0.2, -0.15) is 5.10 Å². The third-order valence-corrected chi connectivity index (χ3v) is 3.85. The minimum absolute atomic E-state index is 0.0985. The molecule has 7 nitrogen and oxygen atoms in total. The molecule has 3 rings (SSSR count). The number of imidazole rings is 1. The van der Waals surface area contributed by atoms with Gasteiger partial charge in [-0.25, -0.2) is 14.5 Å². The Morgan fingerprint density at radius 2 is 2.04 bits per heavy atom. The summed E-state index contributed by atoms with van der Waals surface area (Å²) in [5.41, 5.74) is 1.87. The number of carbonyl (C=O) groups excluding carboxylic acids is 1. The van der Waals surface area contributed by atoms with E-state index in [9.17, 15) is 9.90 Å². The van der Waals surface area contributed by atoms with Gasteiger partial charge in [-0.1, -0.05) is 26.0 Å². The molecule has 0 aliphatic heterocycles. The molecule has 0 fully saturated rings. The maximum Gasteiger partial charge on any atom is 0.362 e. The van der Waals surface area contributed by atoms with Gasteiger partial charge in [-0.3, -0.25) is 0 Å². The van der Waals surface area contributed by atoms with Crippen molar-refractivity contribution in [3.05, 3.63) is 60.4 Å². The zero-order valence-corrected chi connectivity index (χ0v) is 14.2. The summed E-state index contributed by atoms with van der Waals surface area (Å²) in [6, 6.07) is 7.80. The van der Waals surface area contributed by atoms with E-state index in [1.807, 2.05) is 24.3 Å². The van der Waals surface area contributed by atoms with E-state index >= 15 is 0 Å². The molecule has 0 amide bonds. The van der Waals surface area contributed by atoms with E-state index in [4.69, 9.17) is 4.74 Å². The van der Waals surface area contributed by atoms with Crippen LogP contribution in [0.3, 0.4) is 0 Å². The fourth-order valence-electron chi connectivity index (χ4n) is 2.39. The Hall–Kier alpha value is -3.09. The second-order valence-electron chi connectivity index (χ2n) is 5.99. The third-order valence-electron chi connectivity index (χ3n) is 3.85. The molecule has 0 aliphatic carbocycles. The summed E-state index contributed by atoms with van der Waals surface area (Å²) in [4.78, 5) is 16.0. The number of hydrogen-bond acceptors (Lipinski definition) is 5. The topological polar surface area (TPSA) is 82.2 Å². The Labute approximate surface area is 145 Å². The van der Waals surface area contributed by atoms with Gasteiger partial charge >= 0.3 is 5.97 Å². The molecule has 0 spiro atoms. The maximum atomic E-state index is 12.1. The Morgan fingerprint density at radius 1 is 1.28 bits per heavy atom. The van der Waals surface area contributed by atoms with Gasteiger partial charge in [-0.15, -0.1) is 0 Å². The van der Waals surface area contributed by atoms with E-state index in [1.54, 1.807) is 23.3 Å². The minimum Gasteiger partial charge on any atom is -0.504 e. The lowest BCUT2D eigenvalue weighted by Crippen LogP contribution is -2.12. The highest BCUT2D eigenvalue weighted by Gasteiger charge is 2.18. The monoisotopic (exact) mass is 340 g/mol. The van der Waals surface area contributed by atoms with Crippen molar-refractivity contribution < 1.29 is 14.6 Å². The van der Waals surface area contributed by atoms with E-state index < -0.39 is 5.97 Å². The van der Waals surface area contributed by atoms with E-state index in [2.05, 4.69) is 23.9 Å². The van der Waals surface area contributed by atoms with E-state index in [0.717, 1.165) is 5.69 Å². The normalized spacial score (nSPS) is 11.0. The largest absolute Gasteiger partial charge is 0.504 e. The second kappa shape index (κ2) is 7.21. The third kappa shape index (κ3) is 3.88. The van der Waals surface area contributed by atoms with Gasteiger partial charge < -0.3 is 14.4 Å². The van der Waals surface area contributed by atoms with Gasteiger partial charge in [0.05, 0.1) is 24.8 Å². The van der Waals surface area contributed by atoms with Crippen LogP contribution in [0.1, 0.15) is 35.8 Å². The van der Waals surface area contributed by atoms with Crippen molar-refractivity contribution >= 4 is 5.97 Å². The lowest BCUT2D eigenvalue weighted by molar-refractivity contribution is 0.0480. The van der Waals surface area contributed by atoms with E-state index in [1.165, 1.54) is 16.4 Å². The Bertz CT molecular complexity index is 836. The molecular formula is C18H20N4O3. The fourth-order valence-corrected chi connectivity index (χ4v) is 2.39. The summed E-state index contributed by atoms with van der Waals surface area (Å²) >= 11 is 0. The van der Waals surface area contributed by atoms with Gasteiger partial charge in [0.25, 0.3) is 0 Å². The Kier molecular flexibility index (Phi) is 4.83. The van der Waals surface area contributed by atoms with Gasteiger partial charge in [0.2, 0.25) is 5.69 Å². The quantitative estimate of drug-likeness (QED) is 0.698. The number of aromatic hydroxyl groups is 1. The van der Waals surface area contributed by atoms with Crippen molar-refractivity contribution in [2.75, 3.05) is 6.61 Å². The van der Waals surface area contributed by atoms with Crippen molar-refractivity contribution in [1.29, 1.82) is 0 Å². The SMILES string of the molecule is CC(C)c1ccc(-n2cc(O)c(C(=O)OCCn3ccnc3)n2)cc1. The number of hydrogen-bond donors (Lipinski definition) is 1. The molecule has 0 radical (unpaired) electrons. The molecule has 2 heterocycles. The molecule has 0 saturated heterocycles. The van der Waals surface area contributed by atoms with Crippen LogP contribution in [-0.2, 0) is 11.3 Å². The van der Waals surface area contributed by atoms with Crippen LogP contribution in [0.15, 0.2) is 49.2 Å². The van der Waals surface area contributed by atoms with Crippen molar-refractivity contribution in [2.24, 2.45) is 0 Å². The number of nitrogens with zero attached hydrogens (tertiary/aromatic N) is 4. The van der Waals surface area contributed by atoms with Crippen molar-refractivity contribution in [2.45, 2.75) is 26.3 Å². The van der Waals surface area contributed by atoms with Crippen LogP contribution in [-0.4, -0.2) is 37.0 Å². The zero-order chi connectivity index (χ0) is 17.8. The number of aromatic nitrogens is 4. The summed E-state index contributed by atoms with van der Waals surface area (Å²) in [7, 11) is 0. The summed E-state index contributed by atoms with van der Waals surface area (Å²) in [5.74, 6) is -0.433. The lowest BCUT2D eigenvalue weighted by atomic mass is 10.0. The molecule has 0 atom stereocenters. The molecule has 130 valence electrons. The first-order valence-corrected chi connectivity index (χ1v) is 8.06. The van der Waals surface area contributed by atoms with Crippen LogP contribution in [0.5, 0.6) is 5.75 Å². The molecule has 0 saturated carbocycles. The minimum atomic E-state index is -0.657. The highest BCUT2D eigenvalue weighted by atomic mass is 16.5. The van der Waals surface area contributed by atoms with Gasteiger partial charge in [0, 0.05) is 12.4 Å². The average molecular weight is 340 g/mol. The predicted molar refractivity (Wildman–Crippen MR) is 91.8 cm³/mol. The van der Waals surface area contributed by atoms with Gasteiger partial charge in [0.1, 0.15) is 6.61 Å². The zero-order valence-electron chi connectivity index (χ0n) is 14.2. The molecule has 1 aromatic carbocycles. The van der Waals surface area contributed by atoms with Crippen LogP contribution in [0.2, 0.25) is 0 Å². The van der Waals surface area contributed by atoms with Crippen molar-refractivity contribution in [1.82, 2.24) is 19.3 Å². The summed E-state index contributed by atoms with van der Waals surface area (Å²) in [5, 5.41) is 14.1. The van der Waals surface area contributed by atoms with Crippen molar-refractivity contribution in [3.63, 3.8) is 0 Å². The van der Waals surface area contributed by atoms with Gasteiger partial charge in [0.15, 0.2) is 5.75 Å². The summed E-state index contributed by atoms with van der Waals surface area (Å²) < 4.78 is 8.42. The maximum absolute atomic E-state index is 12.1. The number of carbonyl (C=O) groups is 1. The highest BCUT2D eigenvalue weighted by Crippen LogP contribution is 2.21. The van der Waals surface area contributed by atoms with Crippen molar-refractivity contribution in [3.8, 4) is 11.4 Å². The summed E-state index contributed by atoms with van der Waals surface area (Å²) in [6.07, 6.45) is 6.47.